The first-order valence-electron chi connectivity index (χ1n) is 5.95. The minimum atomic E-state index is -1.04. The number of aryl methyl sites for hydroxylation is 1. The second-order valence-corrected chi connectivity index (χ2v) is 4.12. The highest BCUT2D eigenvalue weighted by Gasteiger charge is 2.19. The molecule has 106 valence electrons. The van der Waals surface area contributed by atoms with Gasteiger partial charge >= 0.3 is 0 Å². The minimum absolute atomic E-state index is 0.257. The van der Waals surface area contributed by atoms with Crippen molar-refractivity contribution in [2.45, 2.75) is 12.8 Å². The van der Waals surface area contributed by atoms with E-state index in [2.05, 4.69) is 20.5 Å². The van der Waals surface area contributed by atoms with E-state index >= 15 is 0 Å². The molecular formula is C12H13F2N5O. The molecule has 0 bridgehead atoms. The lowest BCUT2D eigenvalue weighted by molar-refractivity contribution is 0.0945. The summed E-state index contributed by atoms with van der Waals surface area (Å²) in [7, 11) is 0. The summed E-state index contributed by atoms with van der Waals surface area (Å²) in [5.74, 6) is -2.13. The molecule has 1 aromatic heterocycles. The van der Waals surface area contributed by atoms with Gasteiger partial charge in [-0.15, -0.1) is 0 Å². The summed E-state index contributed by atoms with van der Waals surface area (Å²) >= 11 is 0. The van der Waals surface area contributed by atoms with Gasteiger partial charge in [0.25, 0.3) is 5.91 Å². The van der Waals surface area contributed by atoms with Crippen LogP contribution in [0.1, 0.15) is 22.6 Å². The fraction of sp³-hybridized carbons (Fsp3) is 0.250. The molecule has 2 aromatic rings. The molecule has 4 N–H and O–H groups in total. The summed E-state index contributed by atoms with van der Waals surface area (Å²) in [6.07, 6.45) is 2.51. The fourth-order valence-electron chi connectivity index (χ4n) is 1.67. The third kappa shape index (κ3) is 3.08. The molecule has 0 saturated heterocycles. The quantitative estimate of drug-likeness (QED) is 0.563. The summed E-state index contributed by atoms with van der Waals surface area (Å²) < 4.78 is 27.0. The van der Waals surface area contributed by atoms with Crippen LogP contribution in [0.2, 0.25) is 0 Å². The van der Waals surface area contributed by atoms with Crippen molar-refractivity contribution in [3.05, 3.63) is 41.5 Å². The smallest absolute Gasteiger partial charge is 0.257 e. The van der Waals surface area contributed by atoms with E-state index in [1.54, 1.807) is 0 Å². The van der Waals surface area contributed by atoms with Crippen molar-refractivity contribution < 1.29 is 13.6 Å². The number of carbonyl (C=O) groups is 1. The van der Waals surface area contributed by atoms with Crippen LogP contribution < -0.4 is 11.1 Å². The van der Waals surface area contributed by atoms with Crippen molar-refractivity contribution >= 4 is 11.6 Å². The van der Waals surface area contributed by atoms with Crippen LogP contribution in [0.5, 0.6) is 0 Å². The van der Waals surface area contributed by atoms with Crippen molar-refractivity contribution in [3.8, 4) is 0 Å². The first-order valence-corrected chi connectivity index (χ1v) is 5.95. The van der Waals surface area contributed by atoms with Gasteiger partial charge in [-0.2, -0.15) is 5.10 Å². The van der Waals surface area contributed by atoms with E-state index < -0.39 is 23.1 Å². The Morgan fingerprint density at radius 1 is 1.40 bits per heavy atom. The molecule has 0 atom stereocenters. The van der Waals surface area contributed by atoms with E-state index in [4.69, 9.17) is 5.73 Å². The van der Waals surface area contributed by atoms with Crippen molar-refractivity contribution in [1.29, 1.82) is 0 Å². The number of hydrogen-bond acceptors (Lipinski definition) is 4. The molecule has 0 spiro atoms. The molecule has 0 saturated carbocycles. The zero-order chi connectivity index (χ0) is 14.5. The van der Waals surface area contributed by atoms with Crippen molar-refractivity contribution in [1.82, 2.24) is 20.5 Å². The number of carbonyl (C=O) groups excluding carboxylic acids is 1. The number of halogens is 2. The minimum Gasteiger partial charge on any atom is -0.396 e. The van der Waals surface area contributed by atoms with Crippen LogP contribution >= 0.6 is 0 Å². The van der Waals surface area contributed by atoms with Gasteiger partial charge in [0.05, 0.1) is 5.69 Å². The molecule has 6 nitrogen and oxygen atoms in total. The van der Waals surface area contributed by atoms with Gasteiger partial charge in [0.15, 0.2) is 5.82 Å². The number of nitrogens with two attached hydrogens (primary N) is 1. The summed E-state index contributed by atoms with van der Waals surface area (Å²) in [4.78, 5) is 15.6. The molecule has 1 amide bonds. The highest BCUT2D eigenvalue weighted by molar-refractivity contribution is 5.95. The van der Waals surface area contributed by atoms with Crippen LogP contribution in [0.25, 0.3) is 0 Å². The number of rotatable bonds is 5. The van der Waals surface area contributed by atoms with Crippen LogP contribution in [0.3, 0.4) is 0 Å². The molecule has 1 heterocycles. The molecule has 0 aliphatic heterocycles. The predicted octanol–water partition coefficient (Wildman–Crippen LogP) is 1.03. The first kappa shape index (κ1) is 13.9. The van der Waals surface area contributed by atoms with Crippen molar-refractivity contribution in [3.63, 3.8) is 0 Å². The Morgan fingerprint density at radius 2 is 2.20 bits per heavy atom. The Bertz CT molecular complexity index is 600. The Kier molecular flexibility index (Phi) is 4.24. The molecule has 0 unspecified atom stereocenters. The molecule has 0 aliphatic carbocycles. The lowest BCUT2D eigenvalue weighted by atomic mass is 10.1. The van der Waals surface area contributed by atoms with E-state index in [0.717, 1.165) is 12.1 Å². The van der Waals surface area contributed by atoms with Gasteiger partial charge in [-0.05, 0) is 18.6 Å². The topological polar surface area (TPSA) is 96.7 Å². The Balaban J connectivity index is 1.90. The number of amides is 1. The van der Waals surface area contributed by atoms with Crippen LogP contribution in [0.4, 0.5) is 14.5 Å². The molecule has 0 radical (unpaired) electrons. The maximum Gasteiger partial charge on any atom is 0.257 e. The molecule has 0 aliphatic rings. The maximum atomic E-state index is 13.6. The highest BCUT2D eigenvalue weighted by atomic mass is 19.1. The number of anilines is 1. The molecule has 2 rings (SSSR count). The van der Waals surface area contributed by atoms with Gasteiger partial charge in [-0.25, -0.2) is 13.8 Å². The average Bonchev–Trinajstić information content (AvgIpc) is 2.93. The third-order valence-electron chi connectivity index (χ3n) is 2.69. The molecule has 0 fully saturated rings. The second kappa shape index (κ2) is 6.09. The number of benzene rings is 1. The number of aromatic amines is 1. The van der Waals surface area contributed by atoms with Crippen LogP contribution in [-0.2, 0) is 6.42 Å². The van der Waals surface area contributed by atoms with E-state index in [9.17, 15) is 13.6 Å². The Morgan fingerprint density at radius 3 is 2.90 bits per heavy atom. The summed E-state index contributed by atoms with van der Waals surface area (Å²) in [5.41, 5.74) is 4.38. The number of nitrogens with zero attached hydrogens (tertiary/aromatic N) is 2. The number of hydrogen-bond donors (Lipinski definition) is 3. The van der Waals surface area contributed by atoms with E-state index in [0.29, 0.717) is 18.7 Å². The van der Waals surface area contributed by atoms with Gasteiger partial charge < -0.3 is 11.1 Å². The normalized spacial score (nSPS) is 10.5. The number of H-pyrrole nitrogens is 1. The monoisotopic (exact) mass is 281 g/mol. The number of nitrogen functional groups attached to an aromatic ring is 1. The zero-order valence-electron chi connectivity index (χ0n) is 10.5. The van der Waals surface area contributed by atoms with Crippen molar-refractivity contribution in [2.75, 3.05) is 12.3 Å². The van der Waals surface area contributed by atoms with Crippen LogP contribution in [-0.4, -0.2) is 27.6 Å². The van der Waals surface area contributed by atoms with E-state index in [1.165, 1.54) is 6.33 Å². The molecular weight excluding hydrogens is 268 g/mol. The lowest BCUT2D eigenvalue weighted by Crippen LogP contribution is -2.27. The standard InChI is InChI=1S/C12H13F2N5O/c13-7-3-4-8(15)11(14)10(7)12(20)16-5-1-2-9-17-6-18-19-9/h3-4,6H,1-2,5,15H2,(H,16,20)(H,17,18,19). The molecule has 20 heavy (non-hydrogen) atoms. The van der Waals surface area contributed by atoms with Gasteiger partial charge in [-0.3, -0.25) is 9.89 Å². The Labute approximate surface area is 113 Å². The number of aromatic nitrogens is 3. The average molecular weight is 281 g/mol. The second-order valence-electron chi connectivity index (χ2n) is 4.12. The SMILES string of the molecule is Nc1ccc(F)c(C(=O)NCCCc2ncn[nH]2)c1F. The maximum absolute atomic E-state index is 13.6. The van der Waals surface area contributed by atoms with Gasteiger partial charge in [-0.1, -0.05) is 0 Å². The van der Waals surface area contributed by atoms with E-state index in [-0.39, 0.29) is 12.2 Å². The van der Waals surface area contributed by atoms with Crippen LogP contribution in [0.15, 0.2) is 18.5 Å². The zero-order valence-corrected chi connectivity index (χ0v) is 10.5. The van der Waals surface area contributed by atoms with Gasteiger partial charge in [0.1, 0.15) is 23.5 Å². The third-order valence-corrected chi connectivity index (χ3v) is 2.69. The molecule has 1 aromatic carbocycles. The summed E-state index contributed by atoms with van der Waals surface area (Å²) in [6.45, 7) is 0.257. The van der Waals surface area contributed by atoms with Crippen LogP contribution in [0, 0.1) is 11.6 Å². The fourth-order valence-corrected chi connectivity index (χ4v) is 1.67. The first-order chi connectivity index (χ1) is 9.59. The lowest BCUT2D eigenvalue weighted by Gasteiger charge is -2.08. The highest BCUT2D eigenvalue weighted by Crippen LogP contribution is 2.18. The predicted molar refractivity (Wildman–Crippen MR) is 67.8 cm³/mol. The Hall–Kier alpha value is -2.51. The summed E-state index contributed by atoms with van der Waals surface area (Å²) in [5, 5.41) is 8.79. The van der Waals surface area contributed by atoms with Gasteiger partial charge in [0.2, 0.25) is 0 Å². The summed E-state index contributed by atoms with van der Waals surface area (Å²) in [6, 6.07) is 2.03. The van der Waals surface area contributed by atoms with E-state index in [1.807, 2.05) is 0 Å². The number of nitrogens with one attached hydrogen (secondary N) is 2. The van der Waals surface area contributed by atoms with Gasteiger partial charge in [0, 0.05) is 13.0 Å². The molecule has 8 heteroatoms. The largest absolute Gasteiger partial charge is 0.396 e. The van der Waals surface area contributed by atoms with Crippen molar-refractivity contribution in [2.24, 2.45) is 0 Å².